The monoisotopic (exact) mass is 391 g/mol. The Bertz CT molecular complexity index is 1050. The van der Waals surface area contributed by atoms with Crippen molar-refractivity contribution in [3.8, 4) is 28.7 Å². The Morgan fingerprint density at radius 1 is 0.964 bits per heavy atom. The lowest BCUT2D eigenvalue weighted by Gasteiger charge is -2.09. The van der Waals surface area contributed by atoms with Crippen LogP contribution in [0.2, 0.25) is 0 Å². The van der Waals surface area contributed by atoms with Gasteiger partial charge in [-0.15, -0.1) is 21.5 Å². The van der Waals surface area contributed by atoms with E-state index in [0.29, 0.717) is 29.6 Å². The molecule has 0 spiro atoms. The van der Waals surface area contributed by atoms with Crippen molar-refractivity contribution >= 4 is 17.2 Å². The number of hydrogen-bond donors (Lipinski definition) is 1. The van der Waals surface area contributed by atoms with Crippen molar-refractivity contribution in [3.63, 3.8) is 0 Å². The minimum atomic E-state index is -0.196. The van der Waals surface area contributed by atoms with Crippen LogP contribution in [0.4, 0.5) is 0 Å². The fourth-order valence-corrected chi connectivity index (χ4v) is 3.24. The van der Waals surface area contributed by atoms with Gasteiger partial charge in [-0.3, -0.25) is 4.79 Å². The van der Waals surface area contributed by atoms with Crippen molar-refractivity contribution in [3.05, 3.63) is 77.0 Å². The Morgan fingerprint density at radius 2 is 1.75 bits per heavy atom. The highest BCUT2D eigenvalue weighted by Gasteiger charge is 2.15. The van der Waals surface area contributed by atoms with Gasteiger partial charge in [0.15, 0.2) is 6.61 Å². The van der Waals surface area contributed by atoms with Gasteiger partial charge < -0.3 is 14.5 Å². The van der Waals surface area contributed by atoms with Gasteiger partial charge in [-0.05, 0) is 35.7 Å². The smallest absolute Gasteiger partial charge is 0.258 e. The van der Waals surface area contributed by atoms with E-state index in [1.165, 1.54) is 0 Å². The minimum absolute atomic E-state index is 0.0952. The van der Waals surface area contributed by atoms with Crippen LogP contribution in [0.25, 0.3) is 22.9 Å². The van der Waals surface area contributed by atoms with Crippen LogP contribution < -0.4 is 10.1 Å². The molecule has 0 bridgehead atoms. The van der Waals surface area contributed by atoms with Gasteiger partial charge in [-0.1, -0.05) is 36.4 Å². The van der Waals surface area contributed by atoms with Crippen molar-refractivity contribution in [1.82, 2.24) is 15.5 Å². The number of nitrogens with zero attached hydrogens (tertiary/aromatic N) is 2. The van der Waals surface area contributed by atoms with Gasteiger partial charge >= 0.3 is 0 Å². The molecule has 1 amide bonds. The number of nitrogens with one attached hydrogen (secondary N) is 1. The molecule has 2 heterocycles. The summed E-state index contributed by atoms with van der Waals surface area (Å²) in [6.07, 6.45) is 0. The average Bonchev–Trinajstić information content (AvgIpc) is 3.44. The molecule has 0 saturated heterocycles. The molecule has 0 aliphatic carbocycles. The Balaban J connectivity index is 1.44. The molecule has 28 heavy (non-hydrogen) atoms. The number of para-hydroxylation sites is 1. The Hall–Kier alpha value is -3.45. The molecular formula is C21H17N3O3S. The van der Waals surface area contributed by atoms with E-state index in [1.54, 1.807) is 17.4 Å². The number of aromatic nitrogens is 2. The number of ether oxygens (including phenoxy) is 1. The van der Waals surface area contributed by atoms with Gasteiger partial charge in [0.25, 0.3) is 11.8 Å². The van der Waals surface area contributed by atoms with Crippen LogP contribution >= 0.6 is 11.3 Å². The lowest BCUT2D eigenvalue weighted by molar-refractivity contribution is -0.123. The molecule has 6 nitrogen and oxygen atoms in total. The van der Waals surface area contributed by atoms with Crippen LogP contribution in [-0.2, 0) is 11.3 Å². The van der Waals surface area contributed by atoms with Crippen molar-refractivity contribution in [1.29, 1.82) is 0 Å². The molecule has 0 radical (unpaired) electrons. The van der Waals surface area contributed by atoms with Crippen LogP contribution in [0.1, 0.15) is 4.88 Å². The van der Waals surface area contributed by atoms with Crippen LogP contribution in [0.5, 0.6) is 5.75 Å². The number of benzene rings is 2. The first-order valence-corrected chi connectivity index (χ1v) is 9.58. The third kappa shape index (κ3) is 4.27. The Labute approximate surface area is 165 Å². The molecular weight excluding hydrogens is 374 g/mol. The molecule has 0 saturated carbocycles. The van der Waals surface area contributed by atoms with E-state index in [-0.39, 0.29) is 12.5 Å². The van der Waals surface area contributed by atoms with E-state index in [2.05, 4.69) is 15.5 Å². The van der Waals surface area contributed by atoms with E-state index in [4.69, 9.17) is 9.15 Å². The van der Waals surface area contributed by atoms with E-state index in [9.17, 15) is 4.79 Å². The fraction of sp³-hybridized carbons (Fsp3) is 0.0952. The highest BCUT2D eigenvalue weighted by molar-refractivity contribution is 7.09. The zero-order valence-corrected chi connectivity index (χ0v) is 15.7. The zero-order chi connectivity index (χ0) is 19.2. The summed E-state index contributed by atoms with van der Waals surface area (Å²) in [6, 6.07) is 20.7. The molecule has 7 heteroatoms. The number of hydrogen-bond acceptors (Lipinski definition) is 6. The van der Waals surface area contributed by atoms with Crippen molar-refractivity contribution in [2.24, 2.45) is 0 Å². The molecule has 0 atom stereocenters. The molecule has 0 fully saturated rings. The first kappa shape index (κ1) is 17.9. The number of amides is 1. The maximum atomic E-state index is 12.1. The summed E-state index contributed by atoms with van der Waals surface area (Å²) in [5, 5.41) is 13.0. The first-order valence-electron chi connectivity index (χ1n) is 8.70. The van der Waals surface area contributed by atoms with Crippen LogP contribution in [0, 0.1) is 0 Å². The number of carbonyl (C=O) groups excluding carboxylic acids is 1. The molecule has 4 rings (SSSR count). The zero-order valence-electron chi connectivity index (χ0n) is 14.9. The lowest BCUT2D eigenvalue weighted by atomic mass is 10.2. The predicted molar refractivity (Wildman–Crippen MR) is 107 cm³/mol. The molecule has 1 N–H and O–H groups in total. The largest absolute Gasteiger partial charge is 0.483 e. The topological polar surface area (TPSA) is 77.2 Å². The summed E-state index contributed by atoms with van der Waals surface area (Å²) in [5.41, 5.74) is 1.48. The SMILES string of the molecule is O=C(COc1ccccc1-c1nnc(-c2ccccc2)o1)NCc1cccs1. The van der Waals surface area contributed by atoms with Crippen LogP contribution in [-0.4, -0.2) is 22.7 Å². The second kappa shape index (κ2) is 8.49. The van der Waals surface area contributed by atoms with E-state index in [1.807, 2.05) is 66.0 Å². The second-order valence-electron chi connectivity index (χ2n) is 5.92. The van der Waals surface area contributed by atoms with Gasteiger partial charge in [0.05, 0.1) is 12.1 Å². The summed E-state index contributed by atoms with van der Waals surface area (Å²) in [6.45, 7) is 0.396. The van der Waals surface area contributed by atoms with E-state index >= 15 is 0 Å². The Morgan fingerprint density at radius 3 is 2.57 bits per heavy atom. The predicted octanol–water partition coefficient (Wildman–Crippen LogP) is 4.16. The fourth-order valence-electron chi connectivity index (χ4n) is 2.59. The maximum Gasteiger partial charge on any atom is 0.258 e. The van der Waals surface area contributed by atoms with Gasteiger partial charge in [0.2, 0.25) is 5.89 Å². The second-order valence-corrected chi connectivity index (χ2v) is 6.95. The molecule has 0 unspecified atom stereocenters. The highest BCUT2D eigenvalue weighted by atomic mass is 32.1. The molecule has 2 aromatic carbocycles. The summed E-state index contributed by atoms with van der Waals surface area (Å²) in [4.78, 5) is 13.2. The number of rotatable bonds is 7. The molecule has 0 aliphatic heterocycles. The normalized spacial score (nSPS) is 10.6. The van der Waals surface area contributed by atoms with Gasteiger partial charge in [-0.25, -0.2) is 0 Å². The van der Waals surface area contributed by atoms with Crippen molar-refractivity contribution < 1.29 is 13.9 Å². The minimum Gasteiger partial charge on any atom is -0.483 e. The van der Waals surface area contributed by atoms with Gasteiger partial charge in [0.1, 0.15) is 5.75 Å². The van der Waals surface area contributed by atoms with Crippen molar-refractivity contribution in [2.75, 3.05) is 6.61 Å². The summed E-state index contributed by atoms with van der Waals surface area (Å²) < 4.78 is 11.5. The average molecular weight is 391 g/mol. The standard InChI is InChI=1S/C21H17N3O3S/c25-19(22-13-16-9-6-12-28-16)14-26-18-11-5-4-10-17(18)21-24-23-20(27-21)15-7-2-1-3-8-15/h1-12H,13-14H2,(H,22,25). The van der Waals surface area contributed by atoms with E-state index < -0.39 is 0 Å². The molecule has 140 valence electrons. The van der Waals surface area contributed by atoms with Crippen LogP contribution in [0.3, 0.4) is 0 Å². The van der Waals surface area contributed by atoms with Gasteiger partial charge in [-0.2, -0.15) is 0 Å². The molecule has 2 aromatic heterocycles. The molecule has 4 aromatic rings. The number of thiophene rings is 1. The lowest BCUT2D eigenvalue weighted by Crippen LogP contribution is -2.28. The third-order valence-electron chi connectivity index (χ3n) is 3.96. The Kier molecular flexibility index (Phi) is 5.44. The van der Waals surface area contributed by atoms with Crippen molar-refractivity contribution in [2.45, 2.75) is 6.54 Å². The third-order valence-corrected chi connectivity index (χ3v) is 4.84. The summed E-state index contributed by atoms with van der Waals surface area (Å²) in [7, 11) is 0. The maximum absolute atomic E-state index is 12.1. The van der Waals surface area contributed by atoms with Crippen LogP contribution in [0.15, 0.2) is 76.5 Å². The van der Waals surface area contributed by atoms with Gasteiger partial charge in [0, 0.05) is 10.4 Å². The summed E-state index contributed by atoms with van der Waals surface area (Å²) >= 11 is 1.60. The van der Waals surface area contributed by atoms with E-state index in [0.717, 1.165) is 10.4 Å². The number of carbonyl (C=O) groups is 1. The summed E-state index contributed by atoms with van der Waals surface area (Å²) in [5.74, 6) is 1.09. The molecule has 0 aliphatic rings. The highest BCUT2D eigenvalue weighted by Crippen LogP contribution is 2.30. The first-order chi connectivity index (χ1) is 13.8. The quantitative estimate of drug-likeness (QED) is 0.512.